The van der Waals surface area contributed by atoms with E-state index in [1.807, 2.05) is 12.1 Å². The molecule has 2 aliphatic carbocycles. The van der Waals surface area contributed by atoms with E-state index in [0.717, 1.165) is 28.4 Å². The molecule has 0 bridgehead atoms. The number of benzene rings is 1. The van der Waals surface area contributed by atoms with Crippen molar-refractivity contribution in [1.82, 2.24) is 4.90 Å². The van der Waals surface area contributed by atoms with Crippen LogP contribution in [-0.4, -0.2) is 17.8 Å². The van der Waals surface area contributed by atoms with Crippen molar-refractivity contribution in [2.45, 2.75) is 38.1 Å². The highest BCUT2D eigenvalue weighted by atomic mass is 35.5. The predicted molar refractivity (Wildman–Crippen MR) is 79.1 cm³/mol. The van der Waals surface area contributed by atoms with Crippen LogP contribution in [0, 0.1) is 11.8 Å². The van der Waals surface area contributed by atoms with E-state index in [2.05, 4.69) is 24.9 Å². The number of rotatable bonds is 2. The van der Waals surface area contributed by atoms with Crippen LogP contribution in [0.5, 0.6) is 0 Å². The summed E-state index contributed by atoms with van der Waals surface area (Å²) in [7, 11) is 2.21. The minimum atomic E-state index is 0.125. The van der Waals surface area contributed by atoms with Gasteiger partial charge in [-0.25, -0.2) is 4.99 Å². The van der Waals surface area contributed by atoms with Gasteiger partial charge in [-0.2, -0.15) is 0 Å². The van der Waals surface area contributed by atoms with Crippen LogP contribution in [0.1, 0.15) is 38.2 Å². The topological polar surface area (TPSA) is 15.6 Å². The molecule has 4 rings (SSSR count). The lowest BCUT2D eigenvalue weighted by Crippen LogP contribution is -2.51. The maximum atomic E-state index is 6.59. The monoisotopic (exact) mass is 274 g/mol. The first kappa shape index (κ1) is 11.8. The van der Waals surface area contributed by atoms with Gasteiger partial charge in [0.1, 0.15) is 5.84 Å². The molecule has 0 saturated heterocycles. The number of hydrogen-bond donors (Lipinski definition) is 0. The van der Waals surface area contributed by atoms with Crippen molar-refractivity contribution in [3.8, 4) is 0 Å². The standard InChI is InChI=1S/C16H19ClN2/c1-10-18-14-5-3-4-13(17)15(14)16(19(10)2,11-6-7-11)12-8-9-12/h3-5,11-12H,6-9H2,1-2H3. The molecule has 0 unspecified atom stereocenters. The summed E-state index contributed by atoms with van der Waals surface area (Å²) in [6, 6.07) is 6.18. The highest BCUT2D eigenvalue weighted by Gasteiger charge is 2.60. The molecule has 19 heavy (non-hydrogen) atoms. The molecule has 1 aromatic carbocycles. The molecule has 100 valence electrons. The molecule has 2 fully saturated rings. The second-order valence-corrected chi connectivity index (χ2v) is 6.63. The lowest BCUT2D eigenvalue weighted by molar-refractivity contribution is 0.134. The summed E-state index contributed by atoms with van der Waals surface area (Å²) in [6.07, 6.45) is 5.33. The number of amidine groups is 1. The molecule has 0 atom stereocenters. The third-order valence-corrected chi connectivity index (χ3v) is 5.43. The maximum absolute atomic E-state index is 6.59. The Bertz CT molecular complexity index is 558. The smallest absolute Gasteiger partial charge is 0.102 e. The van der Waals surface area contributed by atoms with Crippen molar-refractivity contribution in [2.75, 3.05) is 7.05 Å². The Labute approximate surface area is 119 Å². The maximum Gasteiger partial charge on any atom is 0.102 e. The van der Waals surface area contributed by atoms with Gasteiger partial charge in [0.15, 0.2) is 0 Å². The Morgan fingerprint density at radius 3 is 2.42 bits per heavy atom. The summed E-state index contributed by atoms with van der Waals surface area (Å²) in [5.74, 6) is 2.65. The number of halogens is 1. The van der Waals surface area contributed by atoms with Crippen LogP contribution >= 0.6 is 11.6 Å². The van der Waals surface area contributed by atoms with Gasteiger partial charge in [-0.1, -0.05) is 17.7 Å². The fourth-order valence-electron chi connectivity index (χ4n) is 4.02. The first-order valence-electron chi connectivity index (χ1n) is 7.23. The summed E-state index contributed by atoms with van der Waals surface area (Å²) in [5.41, 5.74) is 2.52. The van der Waals surface area contributed by atoms with Crippen LogP contribution in [0.2, 0.25) is 5.02 Å². The fraction of sp³-hybridized carbons (Fsp3) is 0.562. The van der Waals surface area contributed by atoms with E-state index < -0.39 is 0 Å². The van der Waals surface area contributed by atoms with Crippen molar-refractivity contribution < 1.29 is 0 Å². The lowest BCUT2D eigenvalue weighted by Gasteiger charge is -2.48. The largest absolute Gasteiger partial charge is 0.353 e. The number of nitrogens with zero attached hydrogens (tertiary/aromatic N) is 2. The molecule has 0 radical (unpaired) electrons. The second-order valence-electron chi connectivity index (χ2n) is 6.23. The Kier molecular flexibility index (Phi) is 2.33. The van der Waals surface area contributed by atoms with Gasteiger partial charge in [0.05, 0.1) is 11.2 Å². The molecule has 0 aromatic heterocycles. The van der Waals surface area contributed by atoms with Gasteiger partial charge < -0.3 is 4.90 Å². The summed E-state index contributed by atoms with van der Waals surface area (Å²) >= 11 is 6.59. The Hall–Kier alpha value is -1.02. The van der Waals surface area contributed by atoms with Crippen LogP contribution in [0.15, 0.2) is 23.2 Å². The summed E-state index contributed by atoms with van der Waals surface area (Å²) < 4.78 is 0. The second kappa shape index (κ2) is 3.76. The van der Waals surface area contributed by atoms with E-state index in [0.29, 0.717) is 0 Å². The van der Waals surface area contributed by atoms with Gasteiger partial charge in [0.25, 0.3) is 0 Å². The molecule has 0 N–H and O–H groups in total. The molecule has 1 heterocycles. The molecule has 1 aliphatic heterocycles. The van der Waals surface area contributed by atoms with Crippen LogP contribution in [0.4, 0.5) is 5.69 Å². The third kappa shape index (κ3) is 1.47. The molecule has 2 saturated carbocycles. The number of aliphatic imine (C=N–C) groups is 1. The zero-order valence-corrected chi connectivity index (χ0v) is 12.2. The summed E-state index contributed by atoms with van der Waals surface area (Å²) in [4.78, 5) is 7.19. The Morgan fingerprint density at radius 1 is 1.21 bits per heavy atom. The molecular weight excluding hydrogens is 256 g/mol. The molecule has 2 nitrogen and oxygen atoms in total. The fourth-order valence-corrected chi connectivity index (χ4v) is 4.34. The van der Waals surface area contributed by atoms with Gasteiger partial charge in [0.2, 0.25) is 0 Å². The van der Waals surface area contributed by atoms with E-state index in [1.54, 1.807) is 0 Å². The zero-order valence-electron chi connectivity index (χ0n) is 11.5. The molecule has 3 heteroatoms. The summed E-state index contributed by atoms with van der Waals surface area (Å²) in [6.45, 7) is 2.13. The van der Waals surface area contributed by atoms with Crippen molar-refractivity contribution in [3.05, 3.63) is 28.8 Å². The highest BCUT2D eigenvalue weighted by Crippen LogP contribution is 2.64. The highest BCUT2D eigenvalue weighted by molar-refractivity contribution is 6.32. The van der Waals surface area contributed by atoms with E-state index in [4.69, 9.17) is 16.6 Å². The van der Waals surface area contributed by atoms with Gasteiger partial charge >= 0.3 is 0 Å². The third-order valence-electron chi connectivity index (χ3n) is 5.11. The van der Waals surface area contributed by atoms with Gasteiger partial charge in [-0.15, -0.1) is 0 Å². The molecular formula is C16H19ClN2. The molecule has 1 aromatic rings. The van der Waals surface area contributed by atoms with Crippen LogP contribution < -0.4 is 0 Å². The van der Waals surface area contributed by atoms with E-state index in [1.165, 1.54) is 31.2 Å². The average molecular weight is 275 g/mol. The minimum Gasteiger partial charge on any atom is -0.353 e. The SMILES string of the molecule is CC1=Nc2cccc(Cl)c2C(C2CC2)(C2CC2)N1C. The minimum absolute atomic E-state index is 0.125. The Morgan fingerprint density at radius 2 is 1.84 bits per heavy atom. The van der Waals surface area contributed by atoms with Crippen LogP contribution in [-0.2, 0) is 5.54 Å². The predicted octanol–water partition coefficient (Wildman–Crippen LogP) is 4.35. The van der Waals surface area contributed by atoms with Crippen molar-refractivity contribution in [3.63, 3.8) is 0 Å². The Balaban J connectivity index is 2.01. The normalized spacial score (nSPS) is 25.0. The van der Waals surface area contributed by atoms with Gasteiger partial charge in [0, 0.05) is 17.6 Å². The van der Waals surface area contributed by atoms with Crippen molar-refractivity contribution >= 4 is 23.1 Å². The van der Waals surface area contributed by atoms with Gasteiger partial charge in [-0.3, -0.25) is 0 Å². The van der Waals surface area contributed by atoms with Crippen molar-refractivity contribution in [2.24, 2.45) is 16.8 Å². The number of fused-ring (bicyclic) bond motifs is 1. The quantitative estimate of drug-likeness (QED) is 0.783. The van der Waals surface area contributed by atoms with E-state index in [-0.39, 0.29) is 5.54 Å². The lowest BCUT2D eigenvalue weighted by atomic mass is 9.77. The van der Waals surface area contributed by atoms with E-state index in [9.17, 15) is 0 Å². The molecule has 3 aliphatic rings. The molecule has 0 spiro atoms. The molecule has 0 amide bonds. The van der Waals surface area contributed by atoms with Crippen molar-refractivity contribution in [1.29, 1.82) is 0 Å². The van der Waals surface area contributed by atoms with E-state index >= 15 is 0 Å². The zero-order chi connectivity index (χ0) is 13.2. The summed E-state index contributed by atoms with van der Waals surface area (Å²) in [5, 5.41) is 0.902. The van der Waals surface area contributed by atoms with Gasteiger partial charge in [-0.05, 0) is 56.6 Å². The van der Waals surface area contributed by atoms with Crippen LogP contribution in [0.25, 0.3) is 0 Å². The van der Waals surface area contributed by atoms with Crippen LogP contribution in [0.3, 0.4) is 0 Å². The first-order valence-corrected chi connectivity index (χ1v) is 7.61. The first-order chi connectivity index (χ1) is 9.15. The number of hydrogen-bond acceptors (Lipinski definition) is 2. The average Bonchev–Trinajstić information content (AvgIpc) is 3.26.